The van der Waals surface area contributed by atoms with Gasteiger partial charge in [0.05, 0.1) is 6.61 Å². The maximum absolute atomic E-state index is 10.4. The molecule has 0 spiro atoms. The lowest BCUT2D eigenvalue weighted by Gasteiger charge is -1.96. The van der Waals surface area contributed by atoms with Gasteiger partial charge in [0, 0.05) is 0 Å². The molecule has 0 amide bonds. The van der Waals surface area contributed by atoms with E-state index in [0.717, 1.165) is 0 Å². The average molecular weight is 164 g/mol. The summed E-state index contributed by atoms with van der Waals surface area (Å²) < 4.78 is 4.49. The summed E-state index contributed by atoms with van der Waals surface area (Å²) in [5.41, 5.74) is 0. The Balaban J connectivity index is 0. The quantitative estimate of drug-likeness (QED) is 0.275. The minimum Gasteiger partial charge on any atom is -0.466 e. The smallest absolute Gasteiger partial charge is 0.313 e. The second kappa shape index (κ2) is 9.06. The minimum absolute atomic E-state index is 0.103. The van der Waals surface area contributed by atoms with Crippen molar-refractivity contribution in [1.29, 1.82) is 0 Å². The Morgan fingerprint density at radius 1 is 1.36 bits per heavy atom. The van der Waals surface area contributed by atoms with Crippen molar-refractivity contribution in [3.8, 4) is 0 Å². The molecule has 0 aliphatic carbocycles. The summed E-state index contributed by atoms with van der Waals surface area (Å²) in [6, 6.07) is 0. The van der Waals surface area contributed by atoms with E-state index in [9.17, 15) is 9.59 Å². The lowest BCUT2D eigenvalue weighted by molar-refractivity contribution is -0.176. The molecule has 0 aromatic carbocycles. The van der Waals surface area contributed by atoms with Gasteiger partial charge in [0.2, 0.25) is 0 Å². The molecule has 11 heavy (non-hydrogen) atoms. The van der Waals surface area contributed by atoms with Crippen molar-refractivity contribution in [3.05, 3.63) is 0 Å². The molecule has 0 aromatic rings. The Morgan fingerprint density at radius 3 is 2.09 bits per heavy atom. The fourth-order valence-electron chi connectivity index (χ4n) is 0.415. The number of hydrogen-bond donors (Lipinski definition) is 2. The molecule has 5 heteroatoms. The fraction of sp³-hybridized carbons (Fsp3) is 0.667. The minimum atomic E-state index is -0.440. The van der Waals surface area contributed by atoms with Crippen LogP contribution in [0.2, 0.25) is 0 Å². The normalized spacial score (nSPS) is 7.64. The van der Waals surface area contributed by atoms with Crippen LogP contribution in [-0.4, -0.2) is 28.9 Å². The first-order valence-electron chi connectivity index (χ1n) is 3.02. The molecule has 0 saturated carbocycles. The van der Waals surface area contributed by atoms with Crippen LogP contribution in [0.3, 0.4) is 0 Å². The van der Waals surface area contributed by atoms with Gasteiger partial charge in [-0.05, 0) is 13.8 Å². The molecule has 2 N–H and O–H groups in total. The van der Waals surface area contributed by atoms with Gasteiger partial charge in [0.15, 0.2) is 0 Å². The van der Waals surface area contributed by atoms with Crippen LogP contribution in [0.4, 0.5) is 0 Å². The monoisotopic (exact) mass is 164 g/mol. The zero-order valence-electron chi connectivity index (χ0n) is 6.53. The highest BCUT2D eigenvalue weighted by molar-refractivity contribution is 5.94. The summed E-state index contributed by atoms with van der Waals surface area (Å²) in [4.78, 5) is 20.6. The fourth-order valence-corrected chi connectivity index (χ4v) is 0.415. The van der Waals surface area contributed by atoms with Gasteiger partial charge in [-0.3, -0.25) is 20.1 Å². The molecule has 0 rings (SSSR count). The Bertz CT molecular complexity index is 120. The van der Waals surface area contributed by atoms with Gasteiger partial charge in [-0.2, -0.15) is 0 Å². The maximum Gasteiger partial charge on any atom is 0.313 e. The van der Waals surface area contributed by atoms with Crippen LogP contribution < -0.4 is 0 Å². The van der Waals surface area contributed by atoms with Crippen molar-refractivity contribution in [2.75, 3.05) is 6.61 Å². The summed E-state index contributed by atoms with van der Waals surface area (Å²) in [7, 11) is 0. The molecule has 0 radical (unpaired) electrons. The lowest BCUT2D eigenvalue weighted by Crippen LogP contribution is -2.07. The summed E-state index contributed by atoms with van der Waals surface area (Å²) in [5.74, 6) is -0.599. The Morgan fingerprint density at radius 2 is 1.82 bits per heavy atom. The SMILES string of the molecule is CCOC(=O)CC(C)=O.OO. The molecule has 0 fully saturated rings. The van der Waals surface area contributed by atoms with E-state index >= 15 is 0 Å². The number of carbonyl (C=O) groups excluding carboxylic acids is 2. The van der Waals surface area contributed by atoms with Gasteiger partial charge in [0.25, 0.3) is 0 Å². The summed E-state index contributed by atoms with van der Waals surface area (Å²) >= 11 is 0. The van der Waals surface area contributed by atoms with E-state index in [4.69, 9.17) is 10.5 Å². The number of rotatable bonds is 3. The van der Waals surface area contributed by atoms with Crippen LogP contribution in [0.1, 0.15) is 20.3 Å². The largest absolute Gasteiger partial charge is 0.466 e. The predicted molar refractivity (Wildman–Crippen MR) is 37.2 cm³/mol. The highest BCUT2D eigenvalue weighted by Gasteiger charge is 2.03. The van der Waals surface area contributed by atoms with Crippen molar-refractivity contribution in [2.45, 2.75) is 20.3 Å². The molecule has 0 aliphatic rings. The number of hydrogen-bond acceptors (Lipinski definition) is 5. The van der Waals surface area contributed by atoms with Crippen molar-refractivity contribution >= 4 is 11.8 Å². The first-order valence-corrected chi connectivity index (χ1v) is 3.02. The Hall–Kier alpha value is -0.940. The molecule has 0 saturated heterocycles. The second-order valence-corrected chi connectivity index (χ2v) is 1.68. The van der Waals surface area contributed by atoms with E-state index in [1.807, 2.05) is 0 Å². The third kappa shape index (κ3) is 12.3. The highest BCUT2D eigenvalue weighted by Crippen LogP contribution is 1.86. The van der Waals surface area contributed by atoms with Gasteiger partial charge < -0.3 is 4.74 Å². The van der Waals surface area contributed by atoms with Crippen molar-refractivity contribution < 1.29 is 24.8 Å². The molecule has 0 atom stereocenters. The molecule has 0 aliphatic heterocycles. The average Bonchev–Trinajstić information content (AvgIpc) is 1.91. The first-order chi connectivity index (χ1) is 5.16. The van der Waals surface area contributed by atoms with Crippen molar-refractivity contribution in [1.82, 2.24) is 0 Å². The van der Waals surface area contributed by atoms with E-state index < -0.39 is 5.97 Å². The van der Waals surface area contributed by atoms with Crippen LogP contribution >= 0.6 is 0 Å². The van der Waals surface area contributed by atoms with Crippen molar-refractivity contribution in [3.63, 3.8) is 0 Å². The topological polar surface area (TPSA) is 83.8 Å². The Labute approximate surface area is 64.5 Å². The van der Waals surface area contributed by atoms with Gasteiger partial charge in [-0.25, -0.2) is 0 Å². The van der Waals surface area contributed by atoms with Gasteiger partial charge >= 0.3 is 5.97 Å². The molecule has 0 heterocycles. The highest BCUT2D eigenvalue weighted by atomic mass is 17.0. The number of carbonyl (C=O) groups is 2. The maximum atomic E-state index is 10.4. The van der Waals surface area contributed by atoms with Crippen molar-refractivity contribution in [2.24, 2.45) is 0 Å². The molecule has 0 bridgehead atoms. The molecular weight excluding hydrogens is 152 g/mol. The number of ketones is 1. The Kier molecular flexibility index (Phi) is 10.5. The van der Waals surface area contributed by atoms with E-state index in [2.05, 4.69) is 4.74 Å². The lowest BCUT2D eigenvalue weighted by atomic mass is 10.3. The third-order valence-corrected chi connectivity index (χ3v) is 0.699. The van der Waals surface area contributed by atoms with Gasteiger partial charge in [0.1, 0.15) is 12.2 Å². The molecule has 0 aromatic heterocycles. The van der Waals surface area contributed by atoms with Crippen LogP contribution in [0.25, 0.3) is 0 Å². The zero-order chi connectivity index (χ0) is 9.28. The summed E-state index contributed by atoms with van der Waals surface area (Å²) in [5, 5.41) is 12.0. The van der Waals surface area contributed by atoms with Gasteiger partial charge in [-0.15, -0.1) is 0 Å². The molecule has 0 unspecified atom stereocenters. The van der Waals surface area contributed by atoms with E-state index in [1.165, 1.54) is 6.92 Å². The zero-order valence-corrected chi connectivity index (χ0v) is 6.53. The van der Waals surface area contributed by atoms with Crippen LogP contribution in [0.5, 0.6) is 0 Å². The standard InChI is InChI=1S/C6H10O3.H2O2/c1-3-9-6(8)4-5(2)7;1-2/h3-4H2,1-2H3;1-2H. The molecule has 66 valence electrons. The second-order valence-electron chi connectivity index (χ2n) is 1.68. The van der Waals surface area contributed by atoms with Crippen LogP contribution in [0.15, 0.2) is 0 Å². The summed E-state index contributed by atoms with van der Waals surface area (Å²) in [6.07, 6.45) is -0.103. The molecular formula is C6H12O5. The first kappa shape index (κ1) is 12.7. The number of ether oxygens (including phenoxy) is 1. The number of esters is 1. The van der Waals surface area contributed by atoms with E-state index in [1.54, 1.807) is 6.92 Å². The van der Waals surface area contributed by atoms with E-state index in [0.29, 0.717) is 6.61 Å². The van der Waals surface area contributed by atoms with Crippen LogP contribution in [0, 0.1) is 0 Å². The third-order valence-electron chi connectivity index (χ3n) is 0.699. The van der Waals surface area contributed by atoms with Crippen LogP contribution in [-0.2, 0) is 14.3 Å². The van der Waals surface area contributed by atoms with E-state index in [-0.39, 0.29) is 12.2 Å². The predicted octanol–water partition coefficient (Wildman–Crippen LogP) is 0.546. The summed E-state index contributed by atoms with van der Waals surface area (Å²) in [6.45, 7) is 3.40. The molecule has 5 nitrogen and oxygen atoms in total. The number of Topliss-reactive ketones (excluding diaryl/α,β-unsaturated/α-hetero) is 1. The van der Waals surface area contributed by atoms with Gasteiger partial charge in [-0.1, -0.05) is 0 Å².